The smallest absolute Gasteiger partial charge is 0.0870 e. The van der Waals surface area contributed by atoms with E-state index >= 15 is 0 Å². The minimum Gasteiger partial charge on any atom is -0.237 e. The highest BCUT2D eigenvalue weighted by Crippen LogP contribution is 2.08. The van der Waals surface area contributed by atoms with Crippen LogP contribution < -0.4 is 0 Å². The second-order valence-electron chi connectivity index (χ2n) is 2.06. The van der Waals surface area contributed by atoms with Crippen LogP contribution in [0.5, 0.6) is 0 Å². The van der Waals surface area contributed by atoms with Crippen LogP contribution in [0.2, 0.25) is 0 Å². The Kier molecular flexibility index (Phi) is 4.19. The summed E-state index contributed by atoms with van der Waals surface area (Å²) in [4.78, 5) is 10.9. The fraction of sp³-hybridized carbons (Fsp3) is 0.500. The molecule has 0 fully saturated rings. The highest BCUT2D eigenvalue weighted by molar-refractivity contribution is 7.09. The largest absolute Gasteiger partial charge is 0.237 e. The SMILES string of the molecule is CCOOCCc1cccs1. The molecule has 0 aliphatic rings. The van der Waals surface area contributed by atoms with Gasteiger partial charge in [-0.1, -0.05) is 6.07 Å². The van der Waals surface area contributed by atoms with Gasteiger partial charge in [0.1, 0.15) is 0 Å². The molecule has 62 valence electrons. The molecule has 0 amide bonds. The zero-order valence-electron chi connectivity index (χ0n) is 6.58. The van der Waals surface area contributed by atoms with E-state index in [1.165, 1.54) is 4.88 Å². The topological polar surface area (TPSA) is 18.5 Å². The molecule has 0 aromatic carbocycles. The molecule has 0 N–H and O–H groups in total. The molecule has 0 aliphatic heterocycles. The van der Waals surface area contributed by atoms with Gasteiger partial charge < -0.3 is 0 Å². The summed E-state index contributed by atoms with van der Waals surface area (Å²) in [6.45, 7) is 3.17. The van der Waals surface area contributed by atoms with Crippen molar-refractivity contribution in [3.63, 3.8) is 0 Å². The van der Waals surface area contributed by atoms with Crippen LogP contribution in [0.3, 0.4) is 0 Å². The van der Waals surface area contributed by atoms with Crippen molar-refractivity contribution >= 4 is 11.3 Å². The first-order valence-corrected chi connectivity index (χ1v) is 4.58. The lowest BCUT2D eigenvalue weighted by molar-refractivity contribution is -0.290. The van der Waals surface area contributed by atoms with Crippen LogP contribution in [-0.2, 0) is 16.2 Å². The van der Waals surface area contributed by atoms with Crippen LogP contribution in [-0.4, -0.2) is 13.2 Å². The van der Waals surface area contributed by atoms with Crippen molar-refractivity contribution in [2.24, 2.45) is 0 Å². The lowest BCUT2D eigenvalue weighted by Crippen LogP contribution is -1.97. The predicted molar refractivity (Wildman–Crippen MR) is 45.6 cm³/mol. The summed E-state index contributed by atoms with van der Waals surface area (Å²) < 4.78 is 0. The first-order valence-electron chi connectivity index (χ1n) is 3.70. The molecule has 1 aromatic heterocycles. The summed E-state index contributed by atoms with van der Waals surface area (Å²) in [6, 6.07) is 4.14. The maximum absolute atomic E-state index is 4.86. The molecular formula is C8H12O2S. The maximum atomic E-state index is 4.86. The summed E-state index contributed by atoms with van der Waals surface area (Å²) >= 11 is 1.75. The normalized spacial score (nSPS) is 10.3. The Morgan fingerprint density at radius 3 is 3.00 bits per heavy atom. The number of hydrogen-bond donors (Lipinski definition) is 0. The van der Waals surface area contributed by atoms with E-state index in [2.05, 4.69) is 11.4 Å². The van der Waals surface area contributed by atoms with Gasteiger partial charge in [0.05, 0.1) is 13.2 Å². The lowest BCUT2D eigenvalue weighted by Gasteiger charge is -1.98. The van der Waals surface area contributed by atoms with Gasteiger partial charge in [0.15, 0.2) is 0 Å². The molecule has 0 spiro atoms. The summed E-state index contributed by atoms with van der Waals surface area (Å²) in [5.74, 6) is 0. The van der Waals surface area contributed by atoms with E-state index in [4.69, 9.17) is 9.78 Å². The monoisotopic (exact) mass is 172 g/mol. The summed E-state index contributed by atoms with van der Waals surface area (Å²) in [5, 5.41) is 2.07. The number of rotatable bonds is 5. The second kappa shape index (κ2) is 5.29. The van der Waals surface area contributed by atoms with E-state index in [-0.39, 0.29) is 0 Å². The summed E-state index contributed by atoms with van der Waals surface area (Å²) in [6.07, 6.45) is 0.942. The van der Waals surface area contributed by atoms with Gasteiger partial charge in [0.2, 0.25) is 0 Å². The molecule has 0 saturated heterocycles. The third-order valence-corrected chi connectivity index (χ3v) is 2.15. The van der Waals surface area contributed by atoms with E-state index in [9.17, 15) is 0 Å². The Labute approximate surface area is 70.7 Å². The Morgan fingerprint density at radius 2 is 2.36 bits per heavy atom. The highest BCUT2D eigenvalue weighted by atomic mass is 32.1. The van der Waals surface area contributed by atoms with Crippen molar-refractivity contribution in [3.8, 4) is 0 Å². The van der Waals surface area contributed by atoms with Gasteiger partial charge in [-0.25, -0.2) is 9.78 Å². The third-order valence-electron chi connectivity index (χ3n) is 1.21. The Bertz CT molecular complexity index is 172. The Hall–Kier alpha value is -0.380. The zero-order chi connectivity index (χ0) is 7.94. The van der Waals surface area contributed by atoms with Gasteiger partial charge >= 0.3 is 0 Å². The molecule has 0 radical (unpaired) electrons. The molecule has 0 bridgehead atoms. The molecule has 2 nitrogen and oxygen atoms in total. The zero-order valence-corrected chi connectivity index (χ0v) is 7.39. The molecule has 0 aliphatic carbocycles. The lowest BCUT2D eigenvalue weighted by atomic mass is 10.4. The fourth-order valence-electron chi connectivity index (χ4n) is 0.739. The van der Waals surface area contributed by atoms with Crippen molar-refractivity contribution < 1.29 is 9.78 Å². The molecule has 0 unspecified atom stereocenters. The van der Waals surface area contributed by atoms with Crippen LogP contribution in [0.1, 0.15) is 11.8 Å². The van der Waals surface area contributed by atoms with Gasteiger partial charge in [-0.3, -0.25) is 0 Å². The molecule has 11 heavy (non-hydrogen) atoms. The number of hydrogen-bond acceptors (Lipinski definition) is 3. The third kappa shape index (κ3) is 3.51. The Balaban J connectivity index is 2.04. The molecule has 1 aromatic rings. The van der Waals surface area contributed by atoms with Crippen LogP contribution in [0.4, 0.5) is 0 Å². The molecule has 1 rings (SSSR count). The van der Waals surface area contributed by atoms with Gasteiger partial charge in [0, 0.05) is 11.3 Å². The molecule has 0 saturated carbocycles. The van der Waals surface area contributed by atoms with Crippen LogP contribution in [0, 0.1) is 0 Å². The van der Waals surface area contributed by atoms with Gasteiger partial charge in [0.25, 0.3) is 0 Å². The molecule has 1 heterocycles. The van der Waals surface area contributed by atoms with Gasteiger partial charge in [-0.2, -0.15) is 0 Å². The van der Waals surface area contributed by atoms with E-state index in [0.29, 0.717) is 13.2 Å². The second-order valence-corrected chi connectivity index (χ2v) is 3.09. The van der Waals surface area contributed by atoms with Crippen LogP contribution >= 0.6 is 11.3 Å². The van der Waals surface area contributed by atoms with E-state index in [0.717, 1.165) is 6.42 Å². The molecule has 3 heteroatoms. The minimum absolute atomic E-state index is 0.616. The average molecular weight is 172 g/mol. The Morgan fingerprint density at radius 1 is 1.45 bits per heavy atom. The van der Waals surface area contributed by atoms with Crippen molar-refractivity contribution in [3.05, 3.63) is 22.4 Å². The predicted octanol–water partition coefficient (Wildman–Crippen LogP) is 2.26. The first kappa shape index (κ1) is 8.71. The van der Waals surface area contributed by atoms with E-state index in [1.807, 2.05) is 13.0 Å². The fourth-order valence-corrected chi connectivity index (χ4v) is 1.43. The van der Waals surface area contributed by atoms with Crippen molar-refractivity contribution in [1.29, 1.82) is 0 Å². The quantitative estimate of drug-likeness (QED) is 0.385. The summed E-state index contributed by atoms with van der Waals surface area (Å²) in [7, 11) is 0. The maximum Gasteiger partial charge on any atom is 0.0870 e. The van der Waals surface area contributed by atoms with Gasteiger partial charge in [-0.15, -0.1) is 11.3 Å². The van der Waals surface area contributed by atoms with Crippen molar-refractivity contribution in [1.82, 2.24) is 0 Å². The van der Waals surface area contributed by atoms with Crippen LogP contribution in [0.25, 0.3) is 0 Å². The van der Waals surface area contributed by atoms with Crippen molar-refractivity contribution in [2.75, 3.05) is 13.2 Å². The average Bonchev–Trinajstić information content (AvgIpc) is 2.50. The number of thiophene rings is 1. The standard InChI is InChI=1S/C8H12O2S/c1-2-9-10-6-5-8-4-3-7-11-8/h3-4,7H,2,5-6H2,1H3. The highest BCUT2D eigenvalue weighted by Gasteiger charge is 1.92. The van der Waals surface area contributed by atoms with Gasteiger partial charge in [-0.05, 0) is 18.4 Å². The van der Waals surface area contributed by atoms with E-state index in [1.54, 1.807) is 11.3 Å². The van der Waals surface area contributed by atoms with Crippen LogP contribution in [0.15, 0.2) is 17.5 Å². The molecule has 0 atom stereocenters. The molecular weight excluding hydrogens is 160 g/mol. The summed E-state index contributed by atoms with van der Waals surface area (Å²) in [5.41, 5.74) is 0. The van der Waals surface area contributed by atoms with Crippen molar-refractivity contribution in [2.45, 2.75) is 13.3 Å². The van der Waals surface area contributed by atoms with E-state index < -0.39 is 0 Å². The minimum atomic E-state index is 0.616. The first-order chi connectivity index (χ1) is 5.43.